The molecule has 0 unspecified atom stereocenters. The van der Waals surface area contributed by atoms with Gasteiger partial charge in [0.1, 0.15) is 5.60 Å². The first kappa shape index (κ1) is 12.0. The summed E-state index contributed by atoms with van der Waals surface area (Å²) in [5.74, 6) is 1.77. The van der Waals surface area contributed by atoms with Gasteiger partial charge in [0.15, 0.2) is 5.75 Å². The molecule has 0 saturated heterocycles. The van der Waals surface area contributed by atoms with Crippen molar-refractivity contribution in [3.05, 3.63) is 12.3 Å². The van der Waals surface area contributed by atoms with Crippen LogP contribution >= 0.6 is 0 Å². The number of hydrogen-bond donors (Lipinski definition) is 0. The van der Waals surface area contributed by atoms with Crippen LogP contribution in [-0.2, 0) is 0 Å². The number of aromatic nitrogens is 1. The van der Waals surface area contributed by atoms with Crippen LogP contribution in [0.15, 0.2) is 12.3 Å². The molecule has 0 aliphatic heterocycles. The molecule has 0 spiro atoms. The molecule has 1 aliphatic carbocycles. The fraction of sp³-hybridized carbons (Fsp3) is 0.615. The van der Waals surface area contributed by atoms with Crippen molar-refractivity contribution in [1.82, 2.24) is 4.98 Å². The number of nitrogens with zero attached hydrogens (tertiary/aromatic N) is 1. The lowest BCUT2D eigenvalue weighted by atomic mass is 10.2. The molecule has 1 aliphatic rings. The Morgan fingerprint density at radius 2 is 2.00 bits per heavy atom. The average molecular weight is 237 g/mol. The second kappa shape index (κ2) is 4.43. The summed E-state index contributed by atoms with van der Waals surface area (Å²) < 4.78 is 16.8. The van der Waals surface area contributed by atoms with Gasteiger partial charge in [-0.25, -0.2) is 4.98 Å². The van der Waals surface area contributed by atoms with E-state index in [2.05, 4.69) is 4.98 Å². The third kappa shape index (κ3) is 3.25. The molecule has 1 saturated carbocycles. The third-order valence-corrected chi connectivity index (χ3v) is 2.26. The molecule has 1 heterocycles. The smallest absolute Gasteiger partial charge is 0.261 e. The Bertz CT molecular complexity index is 394. The van der Waals surface area contributed by atoms with Crippen LogP contribution < -0.4 is 14.2 Å². The van der Waals surface area contributed by atoms with Crippen LogP contribution in [0.25, 0.3) is 0 Å². The van der Waals surface area contributed by atoms with E-state index in [-0.39, 0.29) is 5.60 Å². The van der Waals surface area contributed by atoms with E-state index in [9.17, 15) is 0 Å². The summed E-state index contributed by atoms with van der Waals surface area (Å²) in [6.45, 7) is 5.92. The number of hydrogen-bond acceptors (Lipinski definition) is 4. The Hall–Kier alpha value is -1.45. The predicted octanol–water partition coefficient (Wildman–Crippen LogP) is 2.81. The SMILES string of the molecule is COc1c(OC2CC2)ccnc1OC(C)(C)C. The van der Waals surface area contributed by atoms with Gasteiger partial charge in [0.05, 0.1) is 13.2 Å². The number of rotatable bonds is 4. The molecule has 17 heavy (non-hydrogen) atoms. The molecular weight excluding hydrogens is 218 g/mol. The highest BCUT2D eigenvalue weighted by Crippen LogP contribution is 2.39. The van der Waals surface area contributed by atoms with Crippen LogP contribution in [0.4, 0.5) is 0 Å². The zero-order valence-corrected chi connectivity index (χ0v) is 10.8. The van der Waals surface area contributed by atoms with Crippen LogP contribution in [-0.4, -0.2) is 23.8 Å². The molecule has 0 aromatic carbocycles. The Balaban J connectivity index is 2.24. The summed E-state index contributed by atoms with van der Waals surface area (Å²) in [5, 5.41) is 0. The van der Waals surface area contributed by atoms with Crippen LogP contribution in [0.5, 0.6) is 17.4 Å². The summed E-state index contributed by atoms with van der Waals surface area (Å²) in [6, 6.07) is 1.81. The summed E-state index contributed by atoms with van der Waals surface area (Å²) in [4.78, 5) is 4.20. The lowest BCUT2D eigenvalue weighted by molar-refractivity contribution is 0.117. The second-order valence-electron chi connectivity index (χ2n) is 5.18. The quantitative estimate of drug-likeness (QED) is 0.807. The van der Waals surface area contributed by atoms with Crippen molar-refractivity contribution in [3.8, 4) is 17.4 Å². The van der Waals surface area contributed by atoms with Gasteiger partial charge in [-0.2, -0.15) is 0 Å². The first-order chi connectivity index (χ1) is 7.99. The summed E-state index contributed by atoms with van der Waals surface area (Å²) in [5.41, 5.74) is -0.307. The molecule has 0 bridgehead atoms. The molecule has 0 amide bonds. The van der Waals surface area contributed by atoms with Gasteiger partial charge in [-0.05, 0) is 33.6 Å². The maximum Gasteiger partial charge on any atom is 0.261 e. The Morgan fingerprint density at radius 3 is 2.53 bits per heavy atom. The topological polar surface area (TPSA) is 40.6 Å². The van der Waals surface area contributed by atoms with Gasteiger partial charge in [-0.1, -0.05) is 0 Å². The molecule has 1 fully saturated rings. The molecule has 0 N–H and O–H groups in total. The van der Waals surface area contributed by atoms with Gasteiger partial charge >= 0.3 is 0 Å². The van der Waals surface area contributed by atoms with Gasteiger partial charge in [0.25, 0.3) is 5.88 Å². The monoisotopic (exact) mass is 237 g/mol. The largest absolute Gasteiger partial charge is 0.489 e. The van der Waals surface area contributed by atoms with E-state index < -0.39 is 0 Å². The number of ether oxygens (including phenoxy) is 3. The van der Waals surface area contributed by atoms with Gasteiger partial charge in [-0.3, -0.25) is 0 Å². The predicted molar refractivity (Wildman–Crippen MR) is 64.8 cm³/mol. The highest BCUT2D eigenvalue weighted by Gasteiger charge is 2.27. The van der Waals surface area contributed by atoms with E-state index in [1.54, 1.807) is 13.3 Å². The normalized spacial score (nSPS) is 15.5. The maximum absolute atomic E-state index is 5.76. The third-order valence-electron chi connectivity index (χ3n) is 2.26. The van der Waals surface area contributed by atoms with Crippen molar-refractivity contribution in [2.75, 3.05) is 7.11 Å². The van der Waals surface area contributed by atoms with E-state index in [1.165, 1.54) is 0 Å². The zero-order valence-electron chi connectivity index (χ0n) is 10.8. The highest BCUT2D eigenvalue weighted by atomic mass is 16.6. The fourth-order valence-electron chi connectivity index (χ4n) is 1.42. The number of pyridine rings is 1. The van der Waals surface area contributed by atoms with Crippen molar-refractivity contribution < 1.29 is 14.2 Å². The van der Waals surface area contributed by atoms with E-state index in [0.29, 0.717) is 23.5 Å². The average Bonchev–Trinajstić information content (AvgIpc) is 2.99. The lowest BCUT2D eigenvalue weighted by Crippen LogP contribution is -2.24. The summed E-state index contributed by atoms with van der Waals surface area (Å²) in [6.07, 6.45) is 4.23. The molecule has 1 aromatic rings. The molecule has 2 rings (SSSR count). The first-order valence-electron chi connectivity index (χ1n) is 5.88. The Labute approximate surface area is 102 Å². The van der Waals surface area contributed by atoms with E-state index in [1.807, 2.05) is 26.8 Å². The molecule has 1 aromatic heterocycles. The van der Waals surface area contributed by atoms with Gasteiger partial charge in [0, 0.05) is 12.3 Å². The van der Waals surface area contributed by atoms with Gasteiger partial charge in [-0.15, -0.1) is 0 Å². The molecule has 4 nitrogen and oxygen atoms in total. The van der Waals surface area contributed by atoms with Crippen molar-refractivity contribution in [3.63, 3.8) is 0 Å². The Morgan fingerprint density at radius 1 is 1.29 bits per heavy atom. The van der Waals surface area contributed by atoms with Gasteiger partial charge in [0.2, 0.25) is 5.75 Å². The van der Waals surface area contributed by atoms with E-state index in [0.717, 1.165) is 12.8 Å². The fourth-order valence-corrected chi connectivity index (χ4v) is 1.42. The summed E-state index contributed by atoms with van der Waals surface area (Å²) >= 11 is 0. The standard InChI is InChI=1S/C13H19NO3/c1-13(2,3)17-12-11(15-4)10(7-8-14-12)16-9-5-6-9/h7-9H,5-6H2,1-4H3. The van der Waals surface area contributed by atoms with Crippen molar-refractivity contribution >= 4 is 0 Å². The van der Waals surface area contributed by atoms with Gasteiger partial charge < -0.3 is 14.2 Å². The molecule has 0 atom stereocenters. The van der Waals surface area contributed by atoms with Crippen LogP contribution in [0.1, 0.15) is 33.6 Å². The van der Waals surface area contributed by atoms with Crippen molar-refractivity contribution in [1.29, 1.82) is 0 Å². The zero-order chi connectivity index (χ0) is 12.5. The Kier molecular flexibility index (Phi) is 3.13. The molecule has 0 radical (unpaired) electrons. The van der Waals surface area contributed by atoms with Crippen LogP contribution in [0.3, 0.4) is 0 Å². The van der Waals surface area contributed by atoms with Crippen LogP contribution in [0.2, 0.25) is 0 Å². The van der Waals surface area contributed by atoms with E-state index in [4.69, 9.17) is 14.2 Å². The lowest BCUT2D eigenvalue weighted by Gasteiger charge is -2.22. The minimum absolute atomic E-state index is 0.307. The summed E-state index contributed by atoms with van der Waals surface area (Å²) in [7, 11) is 1.60. The minimum Gasteiger partial charge on any atom is -0.489 e. The molecule has 94 valence electrons. The first-order valence-corrected chi connectivity index (χ1v) is 5.88. The van der Waals surface area contributed by atoms with Crippen LogP contribution in [0, 0.1) is 0 Å². The maximum atomic E-state index is 5.76. The minimum atomic E-state index is -0.307. The molecular formula is C13H19NO3. The second-order valence-corrected chi connectivity index (χ2v) is 5.18. The van der Waals surface area contributed by atoms with Crippen molar-refractivity contribution in [2.45, 2.75) is 45.3 Å². The highest BCUT2D eigenvalue weighted by molar-refractivity contribution is 5.47. The van der Waals surface area contributed by atoms with E-state index >= 15 is 0 Å². The number of methoxy groups -OCH3 is 1. The molecule has 4 heteroatoms. The van der Waals surface area contributed by atoms with Crippen molar-refractivity contribution in [2.24, 2.45) is 0 Å².